The van der Waals surface area contributed by atoms with Crippen LogP contribution in [-0.2, 0) is 17.6 Å². The predicted octanol–water partition coefficient (Wildman–Crippen LogP) is 3.59. The van der Waals surface area contributed by atoms with E-state index in [1.54, 1.807) is 7.11 Å². The highest BCUT2D eigenvalue weighted by Crippen LogP contribution is 2.35. The lowest BCUT2D eigenvalue weighted by Gasteiger charge is -2.32. The Morgan fingerprint density at radius 1 is 1.19 bits per heavy atom. The van der Waals surface area contributed by atoms with Crippen LogP contribution in [0.5, 0.6) is 5.75 Å². The second-order valence-corrected chi connectivity index (χ2v) is 7.31. The number of carbonyl (C=O) groups is 1. The van der Waals surface area contributed by atoms with Crippen LogP contribution in [-0.4, -0.2) is 38.1 Å². The first-order valence-electron chi connectivity index (χ1n) is 9.42. The quantitative estimate of drug-likeness (QED) is 0.845. The van der Waals surface area contributed by atoms with Gasteiger partial charge < -0.3 is 9.64 Å². The number of hydrogen-bond donors (Lipinski definition) is 0. The first-order chi connectivity index (χ1) is 12.7. The van der Waals surface area contributed by atoms with Crippen LogP contribution >= 0.6 is 0 Å². The van der Waals surface area contributed by atoms with E-state index in [4.69, 9.17) is 4.74 Å². The number of methoxy groups -OCH3 is 1. The maximum Gasteiger partial charge on any atom is 0.241 e. The lowest BCUT2D eigenvalue weighted by molar-refractivity contribution is -0.120. The highest BCUT2D eigenvalue weighted by atomic mass is 16.5. The molecular formula is C22H26N2O2. The molecule has 1 amide bonds. The second-order valence-electron chi connectivity index (χ2n) is 7.31. The third-order valence-corrected chi connectivity index (χ3v) is 5.72. The molecule has 4 heteroatoms. The monoisotopic (exact) mass is 350 g/mol. The molecule has 2 aromatic rings. The molecule has 4 nitrogen and oxygen atoms in total. The van der Waals surface area contributed by atoms with Crippen molar-refractivity contribution in [2.24, 2.45) is 0 Å². The van der Waals surface area contributed by atoms with Crippen molar-refractivity contribution >= 4 is 11.6 Å². The Morgan fingerprint density at radius 2 is 2.04 bits per heavy atom. The minimum Gasteiger partial charge on any atom is -0.497 e. The Hall–Kier alpha value is -2.33. The van der Waals surface area contributed by atoms with Gasteiger partial charge in [-0.2, -0.15) is 0 Å². The Bertz CT molecular complexity index is 818. The summed E-state index contributed by atoms with van der Waals surface area (Å²) in [7, 11) is 3.76. The Morgan fingerprint density at radius 3 is 2.88 bits per heavy atom. The average Bonchev–Trinajstić information content (AvgIpc) is 3.11. The van der Waals surface area contributed by atoms with Crippen LogP contribution in [0.4, 0.5) is 5.69 Å². The number of benzene rings is 2. The van der Waals surface area contributed by atoms with Crippen molar-refractivity contribution < 1.29 is 9.53 Å². The van der Waals surface area contributed by atoms with Gasteiger partial charge in [-0.25, -0.2) is 0 Å². The minimum absolute atomic E-state index is 0.183. The van der Waals surface area contributed by atoms with Gasteiger partial charge in [0.25, 0.3) is 0 Å². The summed E-state index contributed by atoms with van der Waals surface area (Å²) in [6.07, 6.45) is 4.20. The molecule has 2 aromatic carbocycles. The summed E-state index contributed by atoms with van der Waals surface area (Å²) < 4.78 is 5.33. The zero-order valence-corrected chi connectivity index (χ0v) is 15.6. The van der Waals surface area contributed by atoms with Crippen LogP contribution in [0.1, 0.15) is 35.6 Å². The van der Waals surface area contributed by atoms with Crippen molar-refractivity contribution in [3.8, 4) is 5.75 Å². The van der Waals surface area contributed by atoms with Gasteiger partial charge in [0.15, 0.2) is 0 Å². The van der Waals surface area contributed by atoms with Crippen molar-refractivity contribution in [1.29, 1.82) is 0 Å². The molecule has 1 aliphatic heterocycles. The van der Waals surface area contributed by atoms with Crippen molar-refractivity contribution in [2.45, 2.75) is 31.7 Å². The molecule has 0 spiro atoms. The van der Waals surface area contributed by atoms with Gasteiger partial charge in [0, 0.05) is 18.3 Å². The first kappa shape index (κ1) is 17.1. The van der Waals surface area contributed by atoms with E-state index in [1.807, 2.05) is 17.0 Å². The number of carbonyl (C=O) groups excluding carboxylic acids is 1. The molecule has 1 aliphatic carbocycles. The molecular weight excluding hydrogens is 324 g/mol. The Labute approximate surface area is 155 Å². The molecule has 1 atom stereocenters. The van der Waals surface area contributed by atoms with E-state index in [0.717, 1.165) is 43.7 Å². The van der Waals surface area contributed by atoms with Crippen LogP contribution < -0.4 is 9.64 Å². The molecule has 0 saturated carbocycles. The number of nitrogens with zero attached hydrogens (tertiary/aromatic N) is 2. The molecule has 1 heterocycles. The molecule has 0 N–H and O–H groups in total. The number of ether oxygens (including phenoxy) is 1. The predicted molar refractivity (Wildman–Crippen MR) is 104 cm³/mol. The van der Waals surface area contributed by atoms with E-state index in [1.165, 1.54) is 16.7 Å². The SMILES string of the molecule is COc1ccc2c(c1)CCCN2C(=O)CN(C)C1CCc2ccccc21. The fourth-order valence-electron chi connectivity index (χ4n) is 4.36. The van der Waals surface area contributed by atoms with Crippen LogP contribution in [0, 0.1) is 0 Å². The summed E-state index contributed by atoms with van der Waals surface area (Å²) in [5, 5.41) is 0. The number of rotatable bonds is 4. The second kappa shape index (κ2) is 7.12. The molecule has 0 bridgehead atoms. The van der Waals surface area contributed by atoms with Gasteiger partial charge in [-0.3, -0.25) is 9.69 Å². The molecule has 1 unspecified atom stereocenters. The van der Waals surface area contributed by atoms with Gasteiger partial charge in [-0.1, -0.05) is 24.3 Å². The highest BCUT2D eigenvalue weighted by molar-refractivity contribution is 5.96. The minimum atomic E-state index is 0.183. The van der Waals surface area contributed by atoms with Gasteiger partial charge in [0.2, 0.25) is 5.91 Å². The van der Waals surface area contributed by atoms with Crippen LogP contribution in [0.25, 0.3) is 0 Å². The van der Waals surface area contributed by atoms with E-state index in [0.29, 0.717) is 12.6 Å². The van der Waals surface area contributed by atoms with Gasteiger partial charge in [-0.15, -0.1) is 0 Å². The first-order valence-corrected chi connectivity index (χ1v) is 9.42. The van der Waals surface area contributed by atoms with E-state index >= 15 is 0 Å². The van der Waals surface area contributed by atoms with Crippen molar-refractivity contribution in [3.05, 3.63) is 59.2 Å². The Kier molecular flexibility index (Phi) is 4.68. The lowest BCUT2D eigenvalue weighted by Crippen LogP contribution is -2.42. The molecule has 26 heavy (non-hydrogen) atoms. The van der Waals surface area contributed by atoms with Gasteiger partial charge >= 0.3 is 0 Å². The number of amides is 1. The van der Waals surface area contributed by atoms with Crippen LogP contribution in [0.15, 0.2) is 42.5 Å². The zero-order valence-electron chi connectivity index (χ0n) is 15.6. The number of fused-ring (bicyclic) bond motifs is 2. The fraction of sp³-hybridized carbons (Fsp3) is 0.409. The topological polar surface area (TPSA) is 32.8 Å². The molecule has 0 radical (unpaired) electrons. The molecule has 136 valence electrons. The van der Waals surface area contributed by atoms with Gasteiger partial charge in [0.05, 0.1) is 13.7 Å². The highest BCUT2D eigenvalue weighted by Gasteiger charge is 2.29. The van der Waals surface area contributed by atoms with Crippen LogP contribution in [0.3, 0.4) is 0 Å². The summed E-state index contributed by atoms with van der Waals surface area (Å²) in [5.41, 5.74) is 5.05. The summed E-state index contributed by atoms with van der Waals surface area (Å²) in [6, 6.07) is 15.0. The van der Waals surface area contributed by atoms with E-state index < -0.39 is 0 Å². The van der Waals surface area contributed by atoms with Crippen LogP contribution in [0.2, 0.25) is 0 Å². The van der Waals surface area contributed by atoms with E-state index in [-0.39, 0.29) is 5.91 Å². The maximum absolute atomic E-state index is 13.0. The average molecular weight is 350 g/mol. The van der Waals surface area contributed by atoms with Crippen molar-refractivity contribution in [1.82, 2.24) is 4.90 Å². The Balaban J connectivity index is 1.49. The van der Waals surface area contributed by atoms with Gasteiger partial charge in [-0.05, 0) is 67.6 Å². The summed E-state index contributed by atoms with van der Waals surface area (Å²) in [4.78, 5) is 17.2. The van der Waals surface area contributed by atoms with Crippen molar-refractivity contribution in [2.75, 3.05) is 32.1 Å². The number of hydrogen-bond acceptors (Lipinski definition) is 3. The summed E-state index contributed by atoms with van der Waals surface area (Å²) >= 11 is 0. The molecule has 0 saturated heterocycles. The molecule has 4 rings (SSSR count). The summed E-state index contributed by atoms with van der Waals surface area (Å²) in [5.74, 6) is 1.04. The summed E-state index contributed by atoms with van der Waals surface area (Å²) in [6.45, 7) is 1.25. The lowest BCUT2D eigenvalue weighted by atomic mass is 10.0. The third-order valence-electron chi connectivity index (χ3n) is 5.72. The fourth-order valence-corrected chi connectivity index (χ4v) is 4.36. The molecule has 2 aliphatic rings. The van der Waals surface area contributed by atoms with Crippen molar-refractivity contribution in [3.63, 3.8) is 0 Å². The van der Waals surface area contributed by atoms with E-state index in [9.17, 15) is 4.79 Å². The molecule has 0 fully saturated rings. The number of anilines is 1. The number of aryl methyl sites for hydroxylation is 2. The molecule has 0 aromatic heterocycles. The normalized spacial score (nSPS) is 18.6. The largest absolute Gasteiger partial charge is 0.497 e. The van der Waals surface area contributed by atoms with E-state index in [2.05, 4.69) is 42.3 Å². The maximum atomic E-state index is 13.0. The zero-order chi connectivity index (χ0) is 18.1. The number of likely N-dealkylation sites (N-methyl/N-ethyl adjacent to an activating group) is 1. The standard InChI is InChI=1S/C22H26N2O2/c1-23(21-11-9-16-6-3-4-8-19(16)21)15-22(25)24-13-5-7-17-14-18(26-2)10-12-20(17)24/h3-4,6,8,10,12,14,21H,5,7,9,11,13,15H2,1-2H3. The third kappa shape index (κ3) is 3.10. The van der Waals surface area contributed by atoms with Gasteiger partial charge in [0.1, 0.15) is 5.75 Å². The smallest absolute Gasteiger partial charge is 0.241 e.